The molecule has 0 amide bonds. The van der Waals surface area contributed by atoms with E-state index in [-0.39, 0.29) is 28.9 Å². The van der Waals surface area contributed by atoms with Gasteiger partial charge in [-0.05, 0) is 6.07 Å². The Bertz CT molecular complexity index is 563. The number of hydrogen-bond acceptors (Lipinski definition) is 4. The maximum atomic E-state index is 13.1. The van der Waals surface area contributed by atoms with Crippen molar-refractivity contribution in [2.45, 2.75) is 18.7 Å². The van der Waals surface area contributed by atoms with Gasteiger partial charge in [0.1, 0.15) is 10.7 Å². The van der Waals surface area contributed by atoms with Gasteiger partial charge in [0.25, 0.3) is 0 Å². The van der Waals surface area contributed by atoms with Gasteiger partial charge in [0, 0.05) is 25.2 Å². The fourth-order valence-corrected chi connectivity index (χ4v) is 3.06. The van der Waals surface area contributed by atoms with E-state index in [1.807, 2.05) is 0 Å². The molecule has 0 bridgehead atoms. The average Bonchev–Trinajstić information content (AvgIpc) is 2.35. The second-order valence-electron chi connectivity index (χ2n) is 4.10. The first-order chi connectivity index (χ1) is 8.78. The van der Waals surface area contributed by atoms with Crippen LogP contribution in [-0.2, 0) is 10.0 Å². The van der Waals surface area contributed by atoms with E-state index in [1.54, 1.807) is 13.8 Å². The number of pyridine rings is 1. The lowest BCUT2D eigenvalue weighted by molar-refractivity contribution is 0.404. The van der Waals surface area contributed by atoms with Gasteiger partial charge in [0.05, 0.1) is 11.2 Å². The number of aromatic nitrogens is 1. The third kappa shape index (κ3) is 3.92. The smallest absolute Gasteiger partial charge is 0.244 e. The van der Waals surface area contributed by atoms with Crippen LogP contribution >= 0.6 is 12.2 Å². The summed E-state index contributed by atoms with van der Waals surface area (Å²) in [6.45, 7) is 3.83. The summed E-state index contributed by atoms with van der Waals surface area (Å²) in [4.78, 5) is 3.62. The minimum absolute atomic E-state index is 0.157. The van der Waals surface area contributed by atoms with Crippen LogP contribution in [0.15, 0.2) is 23.4 Å². The number of hydrogen-bond donors (Lipinski definition) is 1. The van der Waals surface area contributed by atoms with Crippen LogP contribution in [0.1, 0.15) is 13.8 Å². The predicted octanol–water partition coefficient (Wildman–Crippen LogP) is 1.15. The molecule has 0 saturated heterocycles. The third-order valence-electron chi connectivity index (χ3n) is 2.63. The molecule has 2 N–H and O–H groups in total. The summed E-state index contributed by atoms with van der Waals surface area (Å²) < 4.78 is 38.9. The molecule has 1 heterocycles. The van der Waals surface area contributed by atoms with E-state index in [0.29, 0.717) is 0 Å². The van der Waals surface area contributed by atoms with E-state index in [0.717, 1.165) is 18.5 Å². The molecule has 0 saturated carbocycles. The molecular formula is C11H16FN3O2S2. The molecule has 8 heteroatoms. The molecule has 0 radical (unpaired) electrons. The van der Waals surface area contributed by atoms with Crippen LogP contribution in [-0.4, -0.2) is 35.8 Å². The molecule has 0 aromatic carbocycles. The van der Waals surface area contributed by atoms with Crippen molar-refractivity contribution in [3.05, 3.63) is 24.3 Å². The summed E-state index contributed by atoms with van der Waals surface area (Å²) in [7, 11) is -3.79. The van der Waals surface area contributed by atoms with E-state index in [2.05, 4.69) is 4.98 Å². The van der Waals surface area contributed by atoms with Crippen LogP contribution in [0.2, 0.25) is 0 Å². The van der Waals surface area contributed by atoms with Gasteiger partial charge in [-0.2, -0.15) is 4.31 Å². The van der Waals surface area contributed by atoms with E-state index >= 15 is 0 Å². The van der Waals surface area contributed by atoms with Crippen molar-refractivity contribution in [3.8, 4) is 0 Å². The Balaban J connectivity index is 3.06. The molecular weight excluding hydrogens is 289 g/mol. The fourth-order valence-electron chi connectivity index (χ4n) is 1.48. The van der Waals surface area contributed by atoms with Crippen LogP contribution in [0.25, 0.3) is 0 Å². The molecule has 5 nitrogen and oxygen atoms in total. The predicted molar refractivity (Wildman–Crippen MR) is 74.6 cm³/mol. The zero-order valence-corrected chi connectivity index (χ0v) is 12.3. The molecule has 1 atom stereocenters. The summed E-state index contributed by atoms with van der Waals surface area (Å²) >= 11 is 4.83. The molecule has 106 valence electrons. The van der Waals surface area contributed by atoms with E-state index in [1.165, 1.54) is 4.31 Å². The monoisotopic (exact) mass is 305 g/mol. The highest BCUT2D eigenvalue weighted by Crippen LogP contribution is 2.17. The summed E-state index contributed by atoms with van der Waals surface area (Å²) in [5.41, 5.74) is 5.48. The van der Waals surface area contributed by atoms with Crippen molar-refractivity contribution < 1.29 is 12.8 Å². The number of thiocarbonyl (C=S) groups is 1. The van der Waals surface area contributed by atoms with Crippen molar-refractivity contribution in [1.82, 2.24) is 9.29 Å². The lowest BCUT2D eigenvalue weighted by Crippen LogP contribution is -2.38. The molecule has 1 aromatic heterocycles. The van der Waals surface area contributed by atoms with Gasteiger partial charge < -0.3 is 5.73 Å². The lowest BCUT2D eigenvalue weighted by Gasteiger charge is -2.23. The first-order valence-corrected chi connectivity index (χ1v) is 7.54. The Morgan fingerprint density at radius 2 is 2.21 bits per heavy atom. The molecule has 0 aliphatic rings. The van der Waals surface area contributed by atoms with Crippen molar-refractivity contribution in [2.24, 2.45) is 11.7 Å². The number of halogens is 1. The van der Waals surface area contributed by atoms with Crippen LogP contribution in [0.5, 0.6) is 0 Å². The molecule has 0 fully saturated rings. The number of nitrogens with two attached hydrogens (primary N) is 1. The molecule has 1 unspecified atom stereocenters. The first kappa shape index (κ1) is 15.9. The van der Waals surface area contributed by atoms with Crippen molar-refractivity contribution in [1.29, 1.82) is 0 Å². The summed E-state index contributed by atoms with van der Waals surface area (Å²) in [6.07, 6.45) is 2.07. The van der Waals surface area contributed by atoms with Gasteiger partial charge in [0.2, 0.25) is 10.0 Å². The minimum atomic E-state index is -3.79. The topological polar surface area (TPSA) is 76.3 Å². The highest BCUT2D eigenvalue weighted by molar-refractivity contribution is 7.89. The highest BCUT2D eigenvalue weighted by atomic mass is 32.2. The maximum absolute atomic E-state index is 13.1. The summed E-state index contributed by atoms with van der Waals surface area (Å²) in [5.74, 6) is -0.953. The fraction of sp³-hybridized carbons (Fsp3) is 0.455. The van der Waals surface area contributed by atoms with Crippen LogP contribution in [0, 0.1) is 11.7 Å². The molecule has 1 aromatic rings. The van der Waals surface area contributed by atoms with Crippen LogP contribution in [0.4, 0.5) is 4.39 Å². The van der Waals surface area contributed by atoms with Crippen molar-refractivity contribution in [3.63, 3.8) is 0 Å². The van der Waals surface area contributed by atoms with Gasteiger partial charge in [-0.1, -0.05) is 26.1 Å². The number of sulfonamides is 1. The summed E-state index contributed by atoms with van der Waals surface area (Å²) in [5, 5.41) is 0. The van der Waals surface area contributed by atoms with E-state index < -0.39 is 15.8 Å². The lowest BCUT2D eigenvalue weighted by atomic mass is 10.2. The Morgan fingerprint density at radius 3 is 2.68 bits per heavy atom. The SMILES string of the molecule is CCN(CC(C)C(N)=S)S(=O)(=O)c1cncc(F)c1. The highest BCUT2D eigenvalue weighted by Gasteiger charge is 2.26. The number of rotatable bonds is 6. The average molecular weight is 305 g/mol. The summed E-state index contributed by atoms with van der Waals surface area (Å²) in [6, 6.07) is 0.941. The van der Waals surface area contributed by atoms with Crippen LogP contribution in [0.3, 0.4) is 0 Å². The number of nitrogens with zero attached hydrogens (tertiary/aromatic N) is 2. The second kappa shape index (κ2) is 6.36. The van der Waals surface area contributed by atoms with Gasteiger partial charge in [-0.15, -0.1) is 0 Å². The third-order valence-corrected chi connectivity index (χ3v) is 4.94. The Morgan fingerprint density at radius 1 is 1.58 bits per heavy atom. The standard InChI is InChI=1S/C11H16FN3O2S2/c1-3-15(7-8(2)11(13)18)19(16,17)10-4-9(12)5-14-6-10/h4-6,8H,3,7H2,1-2H3,(H2,13,18). The zero-order valence-electron chi connectivity index (χ0n) is 10.7. The van der Waals surface area contributed by atoms with Crippen molar-refractivity contribution >= 4 is 27.2 Å². The Hall–Kier alpha value is -1.12. The largest absolute Gasteiger partial charge is 0.393 e. The van der Waals surface area contributed by atoms with E-state index in [9.17, 15) is 12.8 Å². The molecule has 19 heavy (non-hydrogen) atoms. The molecule has 1 rings (SSSR count). The van der Waals surface area contributed by atoms with Gasteiger partial charge in [-0.3, -0.25) is 4.98 Å². The maximum Gasteiger partial charge on any atom is 0.244 e. The zero-order chi connectivity index (χ0) is 14.6. The van der Waals surface area contributed by atoms with Crippen molar-refractivity contribution in [2.75, 3.05) is 13.1 Å². The van der Waals surface area contributed by atoms with Gasteiger partial charge in [-0.25, -0.2) is 12.8 Å². The Kier molecular flexibility index (Phi) is 5.33. The van der Waals surface area contributed by atoms with Crippen LogP contribution < -0.4 is 5.73 Å². The van der Waals surface area contributed by atoms with Gasteiger partial charge in [0.15, 0.2) is 0 Å². The molecule has 0 aliphatic heterocycles. The second-order valence-corrected chi connectivity index (χ2v) is 6.51. The van der Waals surface area contributed by atoms with E-state index in [4.69, 9.17) is 18.0 Å². The first-order valence-electron chi connectivity index (χ1n) is 5.69. The van der Waals surface area contributed by atoms with Gasteiger partial charge >= 0.3 is 0 Å². The normalized spacial score (nSPS) is 13.5. The molecule has 0 aliphatic carbocycles. The quantitative estimate of drug-likeness (QED) is 0.798. The minimum Gasteiger partial charge on any atom is -0.393 e. The Labute approximate surface area is 117 Å². The molecule has 0 spiro atoms.